The van der Waals surface area contributed by atoms with Gasteiger partial charge in [0, 0.05) is 53.6 Å². The fourth-order valence-corrected chi connectivity index (χ4v) is 5.19. The van der Waals surface area contributed by atoms with Crippen LogP contribution >= 0.6 is 23.4 Å². The molecule has 2 aliphatic rings. The maximum atomic E-state index is 10.1. The Labute approximate surface area is 163 Å². The Balaban J connectivity index is 1.67. The highest BCUT2D eigenvalue weighted by atomic mass is 35.5. The summed E-state index contributed by atoms with van der Waals surface area (Å²) < 4.78 is 0. The van der Waals surface area contributed by atoms with Crippen LogP contribution in [0.25, 0.3) is 0 Å². The molecule has 0 aromatic heterocycles. The van der Waals surface area contributed by atoms with E-state index in [1.165, 1.54) is 20.9 Å². The van der Waals surface area contributed by atoms with E-state index in [0.29, 0.717) is 5.75 Å². The predicted octanol–water partition coefficient (Wildman–Crippen LogP) is 3.40. The summed E-state index contributed by atoms with van der Waals surface area (Å²) >= 11 is 8.02. The predicted molar refractivity (Wildman–Crippen MR) is 105 cm³/mol. The van der Waals surface area contributed by atoms with E-state index in [1.807, 2.05) is 18.2 Å². The molecule has 0 spiro atoms. The second-order valence-corrected chi connectivity index (χ2v) is 8.42. The molecule has 1 fully saturated rings. The van der Waals surface area contributed by atoms with Crippen molar-refractivity contribution in [2.75, 3.05) is 39.3 Å². The minimum atomic E-state index is 0.211. The molecule has 2 heterocycles. The number of aliphatic hydroxyl groups excluding tert-OH is 1. The number of nitrogens with zero attached hydrogens (tertiary/aromatic N) is 2. The highest BCUT2D eigenvalue weighted by Crippen LogP contribution is 2.44. The fraction of sp³-hybridized carbons (Fsp3) is 0.400. The lowest BCUT2D eigenvalue weighted by Gasteiger charge is -2.39. The van der Waals surface area contributed by atoms with Crippen molar-refractivity contribution in [3.8, 4) is 5.75 Å². The van der Waals surface area contributed by atoms with Gasteiger partial charge in [0.2, 0.25) is 0 Å². The maximum absolute atomic E-state index is 10.1. The zero-order valence-corrected chi connectivity index (χ0v) is 16.1. The van der Waals surface area contributed by atoms with E-state index in [1.54, 1.807) is 17.8 Å². The summed E-state index contributed by atoms with van der Waals surface area (Å²) in [6.07, 6.45) is 0.888. The lowest BCUT2D eigenvalue weighted by atomic mass is 9.96. The first-order chi connectivity index (χ1) is 12.6. The number of piperazine rings is 1. The van der Waals surface area contributed by atoms with Gasteiger partial charge in [-0.2, -0.15) is 0 Å². The number of β-amino-alcohol motifs (C(OH)–C–C–N with tert-alkyl or cyclic N) is 1. The smallest absolute Gasteiger partial charge is 0.115 e. The van der Waals surface area contributed by atoms with Gasteiger partial charge in [0.05, 0.1) is 6.61 Å². The fourth-order valence-electron chi connectivity index (χ4n) is 3.90. The monoisotopic (exact) mass is 390 g/mol. The van der Waals surface area contributed by atoms with Crippen LogP contribution in [0.4, 0.5) is 0 Å². The van der Waals surface area contributed by atoms with Gasteiger partial charge in [-0.1, -0.05) is 23.4 Å². The number of halogens is 1. The Kier molecular flexibility index (Phi) is 5.43. The third-order valence-corrected chi connectivity index (χ3v) is 6.72. The van der Waals surface area contributed by atoms with Gasteiger partial charge in [-0.05, 0) is 53.9 Å². The van der Waals surface area contributed by atoms with Crippen LogP contribution in [0, 0.1) is 0 Å². The molecule has 0 saturated carbocycles. The number of phenolic OH excluding ortho intramolecular Hbond substituents is 1. The highest BCUT2D eigenvalue weighted by molar-refractivity contribution is 7.99. The van der Waals surface area contributed by atoms with Gasteiger partial charge >= 0.3 is 0 Å². The average Bonchev–Trinajstić information content (AvgIpc) is 2.79. The van der Waals surface area contributed by atoms with Gasteiger partial charge < -0.3 is 10.2 Å². The van der Waals surface area contributed by atoms with Crippen molar-refractivity contribution >= 4 is 23.4 Å². The Morgan fingerprint density at radius 3 is 2.58 bits per heavy atom. The third-order valence-electron chi connectivity index (χ3n) is 5.27. The Morgan fingerprint density at radius 2 is 1.81 bits per heavy atom. The molecule has 0 radical (unpaired) electrons. The van der Waals surface area contributed by atoms with E-state index in [2.05, 4.69) is 21.9 Å². The van der Waals surface area contributed by atoms with Crippen molar-refractivity contribution in [1.82, 2.24) is 9.80 Å². The standard InChI is InChI=1S/C20H23ClN2O2S/c21-15-1-3-19-14(11-15)12-18(17-13-16(25)2-4-20(17)26-19)23-7-5-22(6-8-23)9-10-24/h1-4,11,13,18,24-25H,5-10,12H2. The molecule has 2 N–H and O–H groups in total. The van der Waals surface area contributed by atoms with Crippen LogP contribution in [0.2, 0.25) is 5.02 Å². The van der Waals surface area contributed by atoms with Gasteiger partial charge in [0.1, 0.15) is 5.75 Å². The lowest BCUT2D eigenvalue weighted by Crippen LogP contribution is -2.48. The number of phenols is 1. The molecule has 2 aromatic carbocycles. The van der Waals surface area contributed by atoms with E-state index in [4.69, 9.17) is 16.7 Å². The van der Waals surface area contributed by atoms with Crippen molar-refractivity contribution in [1.29, 1.82) is 0 Å². The number of hydrogen-bond donors (Lipinski definition) is 2. The molecule has 1 atom stereocenters. The van der Waals surface area contributed by atoms with Crippen LogP contribution in [0.3, 0.4) is 0 Å². The second kappa shape index (κ2) is 7.79. The molecule has 4 rings (SSSR count). The molecule has 2 aromatic rings. The van der Waals surface area contributed by atoms with E-state index in [0.717, 1.165) is 44.2 Å². The Hall–Kier alpha value is -1.24. The Morgan fingerprint density at radius 1 is 1.04 bits per heavy atom. The number of aromatic hydroxyl groups is 1. The number of aliphatic hydroxyl groups is 1. The molecule has 0 bridgehead atoms. The van der Waals surface area contributed by atoms with Gasteiger partial charge in [-0.15, -0.1) is 0 Å². The zero-order valence-electron chi connectivity index (χ0n) is 14.6. The summed E-state index contributed by atoms with van der Waals surface area (Å²) in [7, 11) is 0. The molecule has 26 heavy (non-hydrogen) atoms. The minimum Gasteiger partial charge on any atom is -0.508 e. The molecule has 0 aliphatic carbocycles. The highest BCUT2D eigenvalue weighted by Gasteiger charge is 2.30. The quantitative estimate of drug-likeness (QED) is 0.841. The van der Waals surface area contributed by atoms with Crippen LogP contribution in [0.5, 0.6) is 5.75 Å². The van der Waals surface area contributed by atoms with Gasteiger partial charge in [-0.3, -0.25) is 9.80 Å². The topological polar surface area (TPSA) is 46.9 Å². The Bertz CT molecular complexity index is 793. The number of hydrogen-bond acceptors (Lipinski definition) is 5. The first-order valence-electron chi connectivity index (χ1n) is 9.00. The van der Waals surface area contributed by atoms with Crippen molar-refractivity contribution in [2.24, 2.45) is 0 Å². The van der Waals surface area contributed by atoms with E-state index in [-0.39, 0.29) is 12.6 Å². The van der Waals surface area contributed by atoms with Gasteiger partial charge in [-0.25, -0.2) is 0 Å². The van der Waals surface area contributed by atoms with Crippen LogP contribution in [-0.4, -0.2) is 59.3 Å². The zero-order chi connectivity index (χ0) is 18.1. The lowest BCUT2D eigenvalue weighted by molar-refractivity contribution is 0.0823. The second-order valence-electron chi connectivity index (χ2n) is 6.90. The molecule has 1 saturated heterocycles. The molecule has 6 heteroatoms. The van der Waals surface area contributed by atoms with Crippen molar-refractivity contribution < 1.29 is 10.2 Å². The van der Waals surface area contributed by atoms with Crippen LogP contribution in [-0.2, 0) is 6.42 Å². The van der Waals surface area contributed by atoms with Crippen molar-refractivity contribution in [3.05, 3.63) is 52.5 Å². The third kappa shape index (κ3) is 3.73. The number of rotatable bonds is 3. The normalized spacial score (nSPS) is 21.1. The van der Waals surface area contributed by atoms with Crippen LogP contribution in [0.15, 0.2) is 46.2 Å². The molecule has 1 unspecified atom stereocenters. The largest absolute Gasteiger partial charge is 0.508 e. The van der Waals surface area contributed by atoms with Crippen LogP contribution < -0.4 is 0 Å². The molecule has 4 nitrogen and oxygen atoms in total. The van der Waals surface area contributed by atoms with Crippen molar-refractivity contribution in [2.45, 2.75) is 22.3 Å². The number of fused-ring (bicyclic) bond motifs is 2. The molecule has 138 valence electrons. The van der Waals surface area contributed by atoms with Gasteiger partial charge in [0.15, 0.2) is 0 Å². The van der Waals surface area contributed by atoms with Crippen LogP contribution in [0.1, 0.15) is 17.2 Å². The summed E-state index contributed by atoms with van der Waals surface area (Å²) in [4.78, 5) is 7.24. The summed E-state index contributed by atoms with van der Waals surface area (Å²) in [6.45, 7) is 4.79. The van der Waals surface area contributed by atoms with Crippen molar-refractivity contribution in [3.63, 3.8) is 0 Å². The molecule has 0 amide bonds. The van der Waals surface area contributed by atoms with E-state index in [9.17, 15) is 5.11 Å². The summed E-state index contributed by atoms with van der Waals surface area (Å²) in [5.74, 6) is 0.317. The SMILES string of the molecule is OCCN1CCN(C2Cc3cc(Cl)ccc3Sc3ccc(O)cc32)CC1. The average molecular weight is 391 g/mol. The summed E-state index contributed by atoms with van der Waals surface area (Å²) in [5.41, 5.74) is 2.46. The first kappa shape index (κ1) is 18.1. The maximum Gasteiger partial charge on any atom is 0.115 e. The minimum absolute atomic E-state index is 0.211. The molecular formula is C20H23ClN2O2S. The summed E-state index contributed by atoms with van der Waals surface area (Å²) in [5, 5.41) is 20.0. The van der Waals surface area contributed by atoms with Gasteiger partial charge in [0.25, 0.3) is 0 Å². The van der Waals surface area contributed by atoms with E-state index < -0.39 is 0 Å². The summed E-state index contributed by atoms with van der Waals surface area (Å²) in [6, 6.07) is 12.0. The molecule has 2 aliphatic heterocycles. The number of benzene rings is 2. The molecular weight excluding hydrogens is 368 g/mol. The first-order valence-corrected chi connectivity index (χ1v) is 10.2. The van der Waals surface area contributed by atoms with E-state index >= 15 is 0 Å².